The van der Waals surface area contributed by atoms with Crippen LogP contribution in [0.5, 0.6) is 16.6 Å². The number of aromatic nitrogens is 1. The van der Waals surface area contributed by atoms with Crippen LogP contribution in [0.3, 0.4) is 0 Å². The molecule has 1 fully saturated rings. The average Bonchev–Trinajstić information content (AvgIpc) is 3.67. The van der Waals surface area contributed by atoms with Crippen molar-refractivity contribution in [2.45, 2.75) is 29.1 Å². The third-order valence-electron chi connectivity index (χ3n) is 5.60. The highest BCUT2D eigenvalue weighted by Crippen LogP contribution is 2.35. The first-order valence-corrected chi connectivity index (χ1v) is 13.7. The Morgan fingerprint density at radius 3 is 2.32 bits per heavy atom. The molecular weight excluding hydrogens is 541 g/mol. The number of anilines is 1. The number of nitrogens with one attached hydrogen (secondary N) is 1. The molecule has 4 aromatic rings. The Hall–Kier alpha value is -3.90. The highest BCUT2D eigenvalue weighted by atomic mass is 32.2. The summed E-state index contributed by atoms with van der Waals surface area (Å²) in [5.74, 6) is -3.00. The molecule has 38 heavy (non-hydrogen) atoms. The van der Waals surface area contributed by atoms with Gasteiger partial charge in [-0.2, -0.15) is 0 Å². The van der Waals surface area contributed by atoms with E-state index in [0.717, 1.165) is 23.5 Å². The normalized spacial score (nSPS) is 14.1. The van der Waals surface area contributed by atoms with Crippen molar-refractivity contribution in [3.8, 4) is 16.6 Å². The van der Waals surface area contributed by atoms with E-state index in [1.54, 1.807) is 0 Å². The van der Waals surface area contributed by atoms with Gasteiger partial charge in [0.25, 0.3) is 5.91 Å². The lowest BCUT2D eigenvalue weighted by atomic mass is 10.1. The smallest absolute Gasteiger partial charge is 0.271 e. The van der Waals surface area contributed by atoms with Gasteiger partial charge in [-0.15, -0.1) is 0 Å². The number of carbonyl (C=O) groups is 1. The first-order chi connectivity index (χ1) is 18.2. The Morgan fingerprint density at radius 1 is 0.974 bits per heavy atom. The van der Waals surface area contributed by atoms with Crippen molar-refractivity contribution in [3.63, 3.8) is 0 Å². The van der Waals surface area contributed by atoms with E-state index in [1.807, 2.05) is 0 Å². The molecule has 0 spiro atoms. The van der Waals surface area contributed by atoms with Crippen molar-refractivity contribution < 1.29 is 35.9 Å². The third kappa shape index (κ3) is 5.81. The fourth-order valence-electron chi connectivity index (χ4n) is 3.53. The van der Waals surface area contributed by atoms with Crippen LogP contribution in [-0.4, -0.2) is 24.6 Å². The van der Waals surface area contributed by atoms with Crippen LogP contribution in [0.4, 0.5) is 18.3 Å². The van der Waals surface area contributed by atoms with Crippen molar-refractivity contribution in [2.75, 3.05) is 5.32 Å². The van der Waals surface area contributed by atoms with E-state index in [4.69, 9.17) is 9.47 Å². The molecule has 0 aliphatic heterocycles. The van der Waals surface area contributed by atoms with Gasteiger partial charge in [0, 0.05) is 11.6 Å². The molecular formula is C26H19F3N2O5S2. The van der Waals surface area contributed by atoms with Crippen LogP contribution < -0.4 is 14.8 Å². The van der Waals surface area contributed by atoms with Gasteiger partial charge in [-0.25, -0.2) is 26.6 Å². The van der Waals surface area contributed by atoms with E-state index in [1.165, 1.54) is 54.7 Å². The summed E-state index contributed by atoms with van der Waals surface area (Å²) in [5.41, 5.74) is 0.236. The number of thiazole rings is 1. The van der Waals surface area contributed by atoms with Crippen molar-refractivity contribution in [3.05, 3.63) is 95.9 Å². The summed E-state index contributed by atoms with van der Waals surface area (Å²) in [6.07, 6.45) is 1.13. The van der Waals surface area contributed by atoms with Crippen LogP contribution in [0.1, 0.15) is 24.5 Å². The second kappa shape index (κ2) is 10.5. The van der Waals surface area contributed by atoms with Gasteiger partial charge in [0.05, 0.1) is 16.3 Å². The van der Waals surface area contributed by atoms with E-state index >= 15 is 0 Å². The fourth-order valence-corrected chi connectivity index (χ4v) is 5.88. The maximum absolute atomic E-state index is 14.3. The Bertz CT molecular complexity index is 1570. The largest absolute Gasteiger partial charge is 0.473 e. The molecule has 196 valence electrons. The predicted octanol–water partition coefficient (Wildman–Crippen LogP) is 6.05. The maximum atomic E-state index is 14.3. The summed E-state index contributed by atoms with van der Waals surface area (Å²) < 4.78 is 77.1. The molecule has 1 aromatic heterocycles. The van der Waals surface area contributed by atoms with Crippen molar-refractivity contribution in [2.24, 2.45) is 0 Å². The van der Waals surface area contributed by atoms with Gasteiger partial charge in [-0.3, -0.25) is 10.1 Å². The summed E-state index contributed by atoms with van der Waals surface area (Å²) in [4.78, 5) is 17.4. The number of benzene rings is 3. The minimum Gasteiger partial charge on any atom is -0.473 e. The molecule has 1 amide bonds. The molecule has 1 aliphatic rings. The van der Waals surface area contributed by atoms with Crippen molar-refractivity contribution in [1.82, 2.24) is 4.98 Å². The van der Waals surface area contributed by atoms with Crippen LogP contribution in [-0.2, 0) is 14.6 Å². The van der Waals surface area contributed by atoms with Crippen LogP contribution in [0.25, 0.3) is 0 Å². The number of sulfone groups is 1. The van der Waals surface area contributed by atoms with E-state index in [-0.39, 0.29) is 21.3 Å². The molecule has 0 saturated heterocycles. The average molecular weight is 561 g/mol. The maximum Gasteiger partial charge on any atom is 0.271 e. The van der Waals surface area contributed by atoms with Gasteiger partial charge in [0.1, 0.15) is 17.4 Å². The molecule has 1 N–H and O–H groups in total. The van der Waals surface area contributed by atoms with Gasteiger partial charge in [0.2, 0.25) is 11.2 Å². The second-order valence-corrected chi connectivity index (χ2v) is 11.6. The third-order valence-corrected chi connectivity index (χ3v) is 8.67. The van der Waals surface area contributed by atoms with Crippen LogP contribution in [0.2, 0.25) is 0 Å². The first kappa shape index (κ1) is 25.7. The van der Waals surface area contributed by atoms with Crippen LogP contribution in [0, 0.1) is 17.5 Å². The molecule has 12 heteroatoms. The number of carbonyl (C=O) groups excluding carboxylic acids is 1. The Balaban J connectivity index is 1.38. The van der Waals surface area contributed by atoms with Crippen LogP contribution in [0.15, 0.2) is 77.8 Å². The number of nitrogens with zero attached hydrogens (tertiary/aromatic N) is 1. The fraction of sp³-hybridized carbons (Fsp3) is 0.154. The van der Waals surface area contributed by atoms with E-state index in [9.17, 15) is 26.4 Å². The minimum absolute atomic E-state index is 0.110. The Morgan fingerprint density at radius 2 is 1.66 bits per heavy atom. The molecule has 1 aliphatic carbocycles. The first-order valence-electron chi connectivity index (χ1n) is 11.3. The second-order valence-electron chi connectivity index (χ2n) is 8.42. The van der Waals surface area contributed by atoms with Gasteiger partial charge in [0.15, 0.2) is 26.5 Å². The molecule has 7 nitrogen and oxygen atoms in total. The standard InChI is InChI=1S/C26H19F3N2O5S2/c27-16-3-6-18(7-4-16)35-23-14-30-26(37-23)31-25(32)24(36-22-12-5-17(28)13-21(22)29)15-1-8-19(9-2-15)38(33,34)20-10-11-20/h1-9,12-14,20,24H,10-11H2,(H,30,31,32). The summed E-state index contributed by atoms with van der Waals surface area (Å²) in [7, 11) is -3.46. The van der Waals surface area contributed by atoms with E-state index in [0.29, 0.717) is 29.7 Å². The number of rotatable bonds is 9. The number of halogens is 3. The highest BCUT2D eigenvalue weighted by Gasteiger charge is 2.37. The topological polar surface area (TPSA) is 94.6 Å². The lowest BCUT2D eigenvalue weighted by Crippen LogP contribution is -2.26. The summed E-state index contributed by atoms with van der Waals surface area (Å²) in [6.45, 7) is 0. The number of hydrogen-bond acceptors (Lipinski definition) is 7. The zero-order valence-corrected chi connectivity index (χ0v) is 21.1. The molecule has 1 atom stereocenters. The summed E-state index contributed by atoms with van der Waals surface area (Å²) in [5, 5.41) is 2.60. The predicted molar refractivity (Wildman–Crippen MR) is 134 cm³/mol. The quantitative estimate of drug-likeness (QED) is 0.268. The summed E-state index contributed by atoms with van der Waals surface area (Å²) in [6, 6.07) is 13.5. The molecule has 3 aromatic carbocycles. The van der Waals surface area contributed by atoms with Gasteiger partial charge < -0.3 is 9.47 Å². The van der Waals surface area contributed by atoms with Gasteiger partial charge >= 0.3 is 0 Å². The van der Waals surface area contributed by atoms with Crippen molar-refractivity contribution >= 4 is 32.2 Å². The molecule has 0 bridgehead atoms. The number of amides is 1. The lowest BCUT2D eigenvalue weighted by molar-refractivity contribution is -0.123. The zero-order valence-electron chi connectivity index (χ0n) is 19.4. The molecule has 1 heterocycles. The number of ether oxygens (including phenoxy) is 2. The highest BCUT2D eigenvalue weighted by molar-refractivity contribution is 7.92. The Kier molecular flexibility index (Phi) is 7.09. The SMILES string of the molecule is O=C(Nc1ncc(Oc2ccc(F)cc2)s1)C(Oc1ccc(F)cc1F)c1ccc(S(=O)(=O)C2CC2)cc1. The number of hydrogen-bond donors (Lipinski definition) is 1. The summed E-state index contributed by atoms with van der Waals surface area (Å²) >= 11 is 0.983. The van der Waals surface area contributed by atoms with E-state index in [2.05, 4.69) is 10.3 Å². The van der Waals surface area contributed by atoms with Gasteiger partial charge in [-0.05, 0) is 61.4 Å². The molecule has 1 saturated carbocycles. The van der Waals surface area contributed by atoms with Crippen LogP contribution >= 0.6 is 11.3 Å². The molecule has 5 rings (SSSR count). The lowest BCUT2D eigenvalue weighted by Gasteiger charge is -2.19. The monoisotopic (exact) mass is 560 g/mol. The molecule has 1 unspecified atom stereocenters. The van der Waals surface area contributed by atoms with E-state index < -0.39 is 44.5 Å². The Labute approximate surface area is 219 Å². The minimum atomic E-state index is -3.46. The van der Waals surface area contributed by atoms with Crippen molar-refractivity contribution in [1.29, 1.82) is 0 Å². The molecule has 0 radical (unpaired) electrons. The zero-order chi connectivity index (χ0) is 26.9. The van der Waals surface area contributed by atoms with Gasteiger partial charge in [-0.1, -0.05) is 23.5 Å².